The molecule has 15 heavy (non-hydrogen) atoms. The molecule has 1 atom stereocenters. The number of hydrogen-bond donors (Lipinski definition) is 3. The van der Waals surface area contributed by atoms with Gasteiger partial charge in [0, 0.05) is 6.54 Å². The van der Waals surface area contributed by atoms with E-state index in [4.69, 9.17) is 6.42 Å². The van der Waals surface area contributed by atoms with Gasteiger partial charge in [-0.15, -0.1) is 6.42 Å². The molecule has 0 heterocycles. The summed E-state index contributed by atoms with van der Waals surface area (Å²) in [7, 11) is 0. The Balaban J connectivity index is 3.83. The van der Waals surface area contributed by atoms with Crippen LogP contribution in [0.25, 0.3) is 0 Å². The van der Waals surface area contributed by atoms with Gasteiger partial charge in [0.2, 0.25) is 0 Å². The number of nitrogens with one attached hydrogen (secondary N) is 2. The van der Waals surface area contributed by atoms with E-state index in [9.17, 15) is 9.90 Å². The lowest BCUT2D eigenvalue weighted by molar-refractivity contribution is 0.129. The highest BCUT2D eigenvalue weighted by molar-refractivity contribution is 5.74. The first-order chi connectivity index (χ1) is 6.87. The predicted molar refractivity (Wildman–Crippen MR) is 60.3 cm³/mol. The van der Waals surface area contributed by atoms with Crippen LogP contribution in [0, 0.1) is 17.8 Å². The Hall–Kier alpha value is -1.21. The molecule has 3 N–H and O–H groups in total. The summed E-state index contributed by atoms with van der Waals surface area (Å²) in [6.07, 6.45) is 5.28. The van der Waals surface area contributed by atoms with Crippen LogP contribution in [-0.4, -0.2) is 30.3 Å². The molecular formula is C11H20N2O2. The summed E-state index contributed by atoms with van der Waals surface area (Å²) >= 11 is 0. The molecule has 0 aliphatic heterocycles. The van der Waals surface area contributed by atoms with E-state index in [0.29, 0.717) is 13.0 Å². The molecular weight excluding hydrogens is 192 g/mol. The average Bonchev–Trinajstić information content (AvgIpc) is 2.09. The first-order valence-electron chi connectivity index (χ1n) is 5.00. The minimum absolute atomic E-state index is 0.123. The van der Waals surface area contributed by atoms with E-state index >= 15 is 0 Å². The number of carbonyl (C=O) groups is 1. The van der Waals surface area contributed by atoms with Crippen LogP contribution in [0.4, 0.5) is 4.79 Å². The van der Waals surface area contributed by atoms with E-state index < -0.39 is 0 Å². The van der Waals surface area contributed by atoms with Crippen molar-refractivity contribution in [2.45, 2.75) is 33.3 Å². The lowest BCUT2D eigenvalue weighted by atomic mass is 9.87. The third-order valence-electron chi connectivity index (χ3n) is 1.93. The Morgan fingerprint density at radius 1 is 1.53 bits per heavy atom. The Bertz CT molecular complexity index is 241. The molecule has 0 aromatic rings. The van der Waals surface area contributed by atoms with Gasteiger partial charge < -0.3 is 15.7 Å². The SMILES string of the molecule is C#CCNC(=O)NCC(C)(C)CC(C)O. The molecule has 0 spiro atoms. The van der Waals surface area contributed by atoms with Crippen molar-refractivity contribution in [1.29, 1.82) is 0 Å². The molecule has 4 heteroatoms. The van der Waals surface area contributed by atoms with Crippen molar-refractivity contribution < 1.29 is 9.90 Å². The topological polar surface area (TPSA) is 61.4 Å². The highest BCUT2D eigenvalue weighted by Gasteiger charge is 2.20. The van der Waals surface area contributed by atoms with Gasteiger partial charge in [-0.1, -0.05) is 19.8 Å². The molecule has 0 aliphatic carbocycles. The van der Waals surface area contributed by atoms with Crippen molar-refractivity contribution >= 4 is 6.03 Å². The monoisotopic (exact) mass is 212 g/mol. The molecule has 0 radical (unpaired) electrons. The van der Waals surface area contributed by atoms with Crippen LogP contribution in [0.1, 0.15) is 27.2 Å². The summed E-state index contributed by atoms with van der Waals surface area (Å²) in [5.41, 5.74) is -0.123. The van der Waals surface area contributed by atoms with Crippen LogP contribution in [0.5, 0.6) is 0 Å². The van der Waals surface area contributed by atoms with Crippen LogP contribution in [0.3, 0.4) is 0 Å². The lowest BCUT2D eigenvalue weighted by Gasteiger charge is -2.26. The first kappa shape index (κ1) is 13.8. The normalized spacial score (nSPS) is 12.7. The van der Waals surface area contributed by atoms with E-state index in [1.165, 1.54) is 0 Å². The molecule has 0 fully saturated rings. The molecule has 0 saturated heterocycles. The Kier molecular flexibility index (Phi) is 5.80. The van der Waals surface area contributed by atoms with Crippen molar-refractivity contribution in [2.75, 3.05) is 13.1 Å². The molecule has 2 amide bonds. The fourth-order valence-corrected chi connectivity index (χ4v) is 1.39. The third-order valence-corrected chi connectivity index (χ3v) is 1.93. The Morgan fingerprint density at radius 3 is 2.60 bits per heavy atom. The molecule has 1 unspecified atom stereocenters. The standard InChI is InChI=1S/C11H20N2O2/c1-5-6-12-10(15)13-8-11(3,4)7-9(2)14/h1,9,14H,6-8H2,2-4H3,(H2,12,13,15). The maximum atomic E-state index is 11.2. The van der Waals surface area contributed by atoms with Gasteiger partial charge in [-0.2, -0.15) is 0 Å². The highest BCUT2D eigenvalue weighted by atomic mass is 16.3. The number of urea groups is 1. The number of amides is 2. The van der Waals surface area contributed by atoms with Gasteiger partial charge in [0.1, 0.15) is 0 Å². The van der Waals surface area contributed by atoms with Crippen LogP contribution < -0.4 is 10.6 Å². The van der Waals surface area contributed by atoms with Crippen molar-refractivity contribution in [3.8, 4) is 12.3 Å². The lowest BCUT2D eigenvalue weighted by Crippen LogP contribution is -2.41. The van der Waals surface area contributed by atoms with E-state index in [-0.39, 0.29) is 24.1 Å². The predicted octanol–water partition coefficient (Wildman–Crippen LogP) is 0.716. The maximum Gasteiger partial charge on any atom is 0.315 e. The zero-order chi connectivity index (χ0) is 11.9. The fourth-order valence-electron chi connectivity index (χ4n) is 1.39. The number of aliphatic hydroxyl groups excluding tert-OH is 1. The zero-order valence-electron chi connectivity index (χ0n) is 9.63. The van der Waals surface area contributed by atoms with Gasteiger partial charge >= 0.3 is 6.03 Å². The zero-order valence-corrected chi connectivity index (χ0v) is 9.63. The third kappa shape index (κ3) is 7.83. The number of hydrogen-bond acceptors (Lipinski definition) is 2. The minimum atomic E-state index is -0.365. The minimum Gasteiger partial charge on any atom is -0.393 e. The second kappa shape index (κ2) is 6.31. The first-order valence-corrected chi connectivity index (χ1v) is 5.00. The summed E-state index contributed by atoms with van der Waals surface area (Å²) in [4.78, 5) is 11.2. The van der Waals surface area contributed by atoms with Crippen molar-refractivity contribution in [1.82, 2.24) is 10.6 Å². The van der Waals surface area contributed by atoms with E-state index in [0.717, 1.165) is 0 Å². The van der Waals surface area contributed by atoms with Gasteiger partial charge in [-0.25, -0.2) is 4.79 Å². The van der Waals surface area contributed by atoms with Crippen LogP contribution in [0.15, 0.2) is 0 Å². The summed E-state index contributed by atoms with van der Waals surface area (Å²) in [6.45, 7) is 6.44. The molecule has 0 aromatic carbocycles. The van der Waals surface area contributed by atoms with Gasteiger partial charge in [0.05, 0.1) is 12.6 Å². The molecule has 0 aliphatic rings. The number of aliphatic hydroxyl groups is 1. The van der Waals surface area contributed by atoms with Crippen molar-refractivity contribution in [2.24, 2.45) is 5.41 Å². The average molecular weight is 212 g/mol. The van der Waals surface area contributed by atoms with Gasteiger partial charge in [0.25, 0.3) is 0 Å². The van der Waals surface area contributed by atoms with Gasteiger partial charge in [0.15, 0.2) is 0 Å². The van der Waals surface area contributed by atoms with Crippen LogP contribution >= 0.6 is 0 Å². The number of carbonyl (C=O) groups excluding carboxylic acids is 1. The van der Waals surface area contributed by atoms with Crippen molar-refractivity contribution in [3.05, 3.63) is 0 Å². The van der Waals surface area contributed by atoms with Gasteiger partial charge in [-0.05, 0) is 18.8 Å². The summed E-state index contributed by atoms with van der Waals surface area (Å²) in [5, 5.41) is 14.5. The molecule has 0 bridgehead atoms. The van der Waals surface area contributed by atoms with E-state index in [1.807, 2.05) is 13.8 Å². The molecule has 86 valence electrons. The van der Waals surface area contributed by atoms with Crippen LogP contribution in [-0.2, 0) is 0 Å². The second-order valence-corrected chi connectivity index (χ2v) is 4.46. The van der Waals surface area contributed by atoms with Gasteiger partial charge in [-0.3, -0.25) is 0 Å². The molecule has 0 aromatic heterocycles. The molecule has 0 saturated carbocycles. The number of rotatable bonds is 5. The summed E-state index contributed by atoms with van der Waals surface area (Å²) in [5.74, 6) is 2.32. The Labute approximate surface area is 91.4 Å². The van der Waals surface area contributed by atoms with E-state index in [1.54, 1.807) is 6.92 Å². The quantitative estimate of drug-likeness (QED) is 0.588. The fraction of sp³-hybridized carbons (Fsp3) is 0.727. The summed E-state index contributed by atoms with van der Waals surface area (Å²) < 4.78 is 0. The van der Waals surface area contributed by atoms with E-state index in [2.05, 4.69) is 16.6 Å². The highest BCUT2D eigenvalue weighted by Crippen LogP contribution is 2.20. The number of terminal acetylenes is 1. The maximum absolute atomic E-state index is 11.2. The Morgan fingerprint density at radius 2 is 2.13 bits per heavy atom. The second-order valence-electron chi connectivity index (χ2n) is 4.46. The van der Waals surface area contributed by atoms with Crippen molar-refractivity contribution in [3.63, 3.8) is 0 Å². The van der Waals surface area contributed by atoms with Crippen LogP contribution in [0.2, 0.25) is 0 Å². The largest absolute Gasteiger partial charge is 0.393 e. The molecule has 4 nitrogen and oxygen atoms in total. The summed E-state index contributed by atoms with van der Waals surface area (Å²) in [6, 6.07) is -0.272. The molecule has 0 rings (SSSR count). The smallest absolute Gasteiger partial charge is 0.315 e.